The molecular formula is C6H12N4. The average molecular weight is 140 g/mol. The topological polar surface area (TPSA) is 104 Å². The Kier molecular flexibility index (Phi) is 1.24. The Morgan fingerprint density at radius 3 is 1.30 bits per heavy atom. The van der Waals surface area contributed by atoms with Crippen molar-refractivity contribution in [3.63, 3.8) is 0 Å². The molecule has 0 spiro atoms. The monoisotopic (exact) mass is 140 g/mol. The van der Waals surface area contributed by atoms with Gasteiger partial charge in [-0.3, -0.25) is 0 Å². The SMILES string of the molecule is CC1C(N)=C(N)C(N)=C1N. The summed E-state index contributed by atoms with van der Waals surface area (Å²) in [4.78, 5) is 0. The summed E-state index contributed by atoms with van der Waals surface area (Å²) >= 11 is 0. The van der Waals surface area contributed by atoms with Crippen molar-refractivity contribution >= 4 is 0 Å². The fourth-order valence-electron chi connectivity index (χ4n) is 0.945. The summed E-state index contributed by atoms with van der Waals surface area (Å²) in [5.74, 6) is -0.000000000000000222. The molecule has 8 N–H and O–H groups in total. The third-order valence-corrected chi connectivity index (χ3v) is 1.85. The zero-order valence-corrected chi connectivity index (χ0v) is 5.89. The maximum Gasteiger partial charge on any atom is 0.0763 e. The summed E-state index contributed by atoms with van der Waals surface area (Å²) < 4.78 is 0. The van der Waals surface area contributed by atoms with Crippen LogP contribution in [-0.4, -0.2) is 0 Å². The minimum Gasteiger partial charge on any atom is -0.400 e. The quantitative estimate of drug-likeness (QED) is 0.342. The van der Waals surface area contributed by atoms with Crippen LogP contribution in [0.2, 0.25) is 0 Å². The zero-order valence-electron chi connectivity index (χ0n) is 5.89. The number of rotatable bonds is 0. The summed E-state index contributed by atoms with van der Waals surface area (Å²) in [7, 11) is 0. The van der Waals surface area contributed by atoms with Gasteiger partial charge in [0.1, 0.15) is 0 Å². The number of hydrogen-bond acceptors (Lipinski definition) is 4. The van der Waals surface area contributed by atoms with Crippen LogP contribution in [0, 0.1) is 5.92 Å². The van der Waals surface area contributed by atoms with E-state index in [9.17, 15) is 0 Å². The zero-order chi connectivity index (χ0) is 7.89. The molecule has 0 aliphatic heterocycles. The first-order chi connectivity index (χ1) is 4.55. The standard InChI is InChI=1S/C6H12N4/c1-2-3(7)5(9)6(10)4(2)8/h2H,7-10H2,1H3. The van der Waals surface area contributed by atoms with Gasteiger partial charge in [-0.25, -0.2) is 0 Å². The van der Waals surface area contributed by atoms with E-state index < -0.39 is 0 Å². The molecule has 10 heavy (non-hydrogen) atoms. The largest absolute Gasteiger partial charge is 0.400 e. The lowest BCUT2D eigenvalue weighted by Gasteiger charge is -2.04. The van der Waals surface area contributed by atoms with Crippen LogP contribution in [0.5, 0.6) is 0 Å². The third-order valence-electron chi connectivity index (χ3n) is 1.85. The van der Waals surface area contributed by atoms with Crippen LogP contribution >= 0.6 is 0 Å². The molecule has 0 unspecified atom stereocenters. The molecular weight excluding hydrogens is 128 g/mol. The second-order valence-electron chi connectivity index (χ2n) is 2.46. The van der Waals surface area contributed by atoms with Crippen molar-refractivity contribution in [3.8, 4) is 0 Å². The molecule has 0 bridgehead atoms. The Bertz CT molecular complexity index is 202. The lowest BCUT2D eigenvalue weighted by Crippen LogP contribution is -2.13. The lowest BCUT2D eigenvalue weighted by atomic mass is 10.1. The molecule has 1 aliphatic carbocycles. The minimum absolute atomic E-state index is 0.000000000000000222. The number of nitrogens with two attached hydrogens (primary N) is 4. The van der Waals surface area contributed by atoms with E-state index in [-0.39, 0.29) is 5.92 Å². The molecule has 0 aromatic rings. The highest BCUT2D eigenvalue weighted by molar-refractivity contribution is 5.43. The highest BCUT2D eigenvalue weighted by atomic mass is 14.8. The second-order valence-corrected chi connectivity index (χ2v) is 2.46. The van der Waals surface area contributed by atoms with E-state index >= 15 is 0 Å². The summed E-state index contributed by atoms with van der Waals surface area (Å²) in [6.07, 6.45) is 0. The highest BCUT2D eigenvalue weighted by Gasteiger charge is 2.23. The van der Waals surface area contributed by atoms with Gasteiger partial charge < -0.3 is 22.9 Å². The normalized spacial score (nSPS) is 20.9. The van der Waals surface area contributed by atoms with Gasteiger partial charge in [0, 0.05) is 17.3 Å². The van der Waals surface area contributed by atoms with Crippen molar-refractivity contribution in [1.29, 1.82) is 0 Å². The summed E-state index contributed by atoms with van der Waals surface area (Å²) in [6.45, 7) is 1.87. The van der Waals surface area contributed by atoms with Gasteiger partial charge in [-0.2, -0.15) is 0 Å². The smallest absolute Gasteiger partial charge is 0.0763 e. The predicted octanol–water partition coefficient (Wildman–Crippen LogP) is -1.11. The molecule has 0 atom stereocenters. The van der Waals surface area contributed by atoms with Crippen LogP contribution in [0.1, 0.15) is 6.92 Å². The summed E-state index contributed by atoms with van der Waals surface area (Å²) in [5, 5.41) is 0. The van der Waals surface area contributed by atoms with E-state index in [1.807, 2.05) is 6.92 Å². The fraction of sp³-hybridized carbons (Fsp3) is 0.333. The average Bonchev–Trinajstić information content (AvgIpc) is 2.07. The van der Waals surface area contributed by atoms with Gasteiger partial charge >= 0.3 is 0 Å². The Hall–Kier alpha value is -1.32. The number of hydrogen-bond donors (Lipinski definition) is 4. The first-order valence-corrected chi connectivity index (χ1v) is 3.06. The molecule has 0 saturated heterocycles. The molecule has 0 heterocycles. The van der Waals surface area contributed by atoms with Gasteiger partial charge in [0.2, 0.25) is 0 Å². The molecule has 4 heteroatoms. The second kappa shape index (κ2) is 1.83. The molecule has 0 radical (unpaired) electrons. The predicted molar refractivity (Wildman–Crippen MR) is 40.0 cm³/mol. The van der Waals surface area contributed by atoms with E-state index in [0.29, 0.717) is 22.8 Å². The maximum atomic E-state index is 5.56. The van der Waals surface area contributed by atoms with E-state index in [0.717, 1.165) is 0 Å². The van der Waals surface area contributed by atoms with Gasteiger partial charge in [0.25, 0.3) is 0 Å². The molecule has 0 aromatic carbocycles. The molecule has 0 aromatic heterocycles. The van der Waals surface area contributed by atoms with Gasteiger partial charge in [-0.15, -0.1) is 0 Å². The summed E-state index contributed by atoms with van der Waals surface area (Å²) in [6, 6.07) is 0. The first-order valence-electron chi connectivity index (χ1n) is 3.06. The minimum atomic E-state index is -0.000000000000000222. The van der Waals surface area contributed by atoms with Crippen molar-refractivity contribution < 1.29 is 0 Å². The van der Waals surface area contributed by atoms with E-state index in [1.54, 1.807) is 0 Å². The van der Waals surface area contributed by atoms with Gasteiger partial charge in [0.05, 0.1) is 11.4 Å². The molecule has 0 fully saturated rings. The first kappa shape index (κ1) is 6.80. The molecule has 1 rings (SSSR count). The van der Waals surface area contributed by atoms with E-state index in [4.69, 9.17) is 22.9 Å². The third kappa shape index (κ3) is 0.618. The van der Waals surface area contributed by atoms with Crippen molar-refractivity contribution in [2.75, 3.05) is 0 Å². The van der Waals surface area contributed by atoms with Crippen LogP contribution in [0.3, 0.4) is 0 Å². The van der Waals surface area contributed by atoms with Crippen molar-refractivity contribution in [3.05, 3.63) is 22.8 Å². The van der Waals surface area contributed by atoms with Gasteiger partial charge in [0.15, 0.2) is 0 Å². The molecule has 0 amide bonds. The van der Waals surface area contributed by atoms with Crippen LogP contribution in [0.25, 0.3) is 0 Å². The van der Waals surface area contributed by atoms with Gasteiger partial charge in [-0.1, -0.05) is 6.92 Å². The van der Waals surface area contributed by atoms with E-state index in [1.165, 1.54) is 0 Å². The molecule has 4 nitrogen and oxygen atoms in total. The summed E-state index contributed by atoms with van der Waals surface area (Å²) in [5.41, 5.74) is 24.1. The fourth-order valence-corrected chi connectivity index (χ4v) is 0.945. The Labute approximate surface area is 59.5 Å². The Morgan fingerprint density at radius 2 is 1.20 bits per heavy atom. The Morgan fingerprint density at radius 1 is 0.900 bits per heavy atom. The lowest BCUT2D eigenvalue weighted by molar-refractivity contribution is 0.789. The Balaban J connectivity index is 3.09. The molecule has 1 aliphatic rings. The van der Waals surface area contributed by atoms with Gasteiger partial charge in [-0.05, 0) is 0 Å². The van der Waals surface area contributed by atoms with Crippen LogP contribution < -0.4 is 22.9 Å². The highest BCUT2D eigenvalue weighted by Crippen LogP contribution is 2.24. The molecule has 56 valence electrons. The van der Waals surface area contributed by atoms with Crippen LogP contribution in [0.4, 0.5) is 0 Å². The van der Waals surface area contributed by atoms with Crippen LogP contribution in [-0.2, 0) is 0 Å². The van der Waals surface area contributed by atoms with E-state index in [2.05, 4.69) is 0 Å². The van der Waals surface area contributed by atoms with Crippen molar-refractivity contribution in [1.82, 2.24) is 0 Å². The maximum absolute atomic E-state index is 5.56. The molecule has 0 saturated carbocycles. The van der Waals surface area contributed by atoms with Crippen molar-refractivity contribution in [2.45, 2.75) is 6.92 Å². The van der Waals surface area contributed by atoms with Crippen LogP contribution in [0.15, 0.2) is 22.8 Å². The van der Waals surface area contributed by atoms with Crippen molar-refractivity contribution in [2.24, 2.45) is 28.9 Å².